The van der Waals surface area contributed by atoms with E-state index in [1.807, 2.05) is 14.1 Å². The highest BCUT2D eigenvalue weighted by Gasteiger charge is 2.15. The number of hydrogen-bond donors (Lipinski definition) is 1. The van der Waals surface area contributed by atoms with E-state index in [2.05, 4.69) is 15.0 Å². The van der Waals surface area contributed by atoms with Crippen molar-refractivity contribution in [1.82, 2.24) is 10.2 Å². The average molecular weight is 240 g/mol. The second-order valence-electron chi connectivity index (χ2n) is 3.94. The third kappa shape index (κ3) is 4.20. The van der Waals surface area contributed by atoms with Gasteiger partial charge in [0.15, 0.2) is 0 Å². The Balaban J connectivity index is 2.50. The second kappa shape index (κ2) is 7.09. The van der Waals surface area contributed by atoms with Gasteiger partial charge in [-0.2, -0.15) is 0 Å². The van der Waals surface area contributed by atoms with Crippen LogP contribution in [-0.2, 0) is 11.3 Å². The van der Waals surface area contributed by atoms with Crippen molar-refractivity contribution in [3.05, 3.63) is 23.7 Å². The van der Waals surface area contributed by atoms with Crippen LogP contribution < -0.4 is 5.32 Å². The lowest BCUT2D eigenvalue weighted by molar-refractivity contribution is 0.0596. The summed E-state index contributed by atoms with van der Waals surface area (Å²) in [6.07, 6.45) is 2.57. The molecule has 1 aromatic rings. The molecule has 1 N–H and O–H groups in total. The first-order chi connectivity index (χ1) is 8.19. The van der Waals surface area contributed by atoms with Gasteiger partial charge in [0.1, 0.15) is 11.3 Å². The van der Waals surface area contributed by atoms with Gasteiger partial charge in [-0.1, -0.05) is 0 Å². The van der Waals surface area contributed by atoms with E-state index in [4.69, 9.17) is 4.42 Å². The monoisotopic (exact) mass is 240 g/mol. The van der Waals surface area contributed by atoms with Crippen LogP contribution in [0.15, 0.2) is 16.7 Å². The van der Waals surface area contributed by atoms with Gasteiger partial charge in [-0.15, -0.1) is 0 Å². The predicted molar refractivity (Wildman–Crippen MR) is 64.9 cm³/mol. The Morgan fingerprint density at radius 1 is 1.59 bits per heavy atom. The molecule has 0 saturated heterocycles. The van der Waals surface area contributed by atoms with E-state index in [0.29, 0.717) is 17.9 Å². The van der Waals surface area contributed by atoms with Crippen LogP contribution in [0.1, 0.15) is 22.5 Å². The quantitative estimate of drug-likeness (QED) is 0.571. The highest BCUT2D eigenvalue weighted by atomic mass is 16.5. The highest BCUT2D eigenvalue weighted by molar-refractivity contribution is 5.90. The lowest BCUT2D eigenvalue weighted by Crippen LogP contribution is -2.23. The van der Waals surface area contributed by atoms with Crippen LogP contribution in [0.4, 0.5) is 0 Å². The normalized spacial score (nSPS) is 10.8. The van der Waals surface area contributed by atoms with Crippen LogP contribution in [0.3, 0.4) is 0 Å². The summed E-state index contributed by atoms with van der Waals surface area (Å²) in [6, 6.07) is 1.64. The van der Waals surface area contributed by atoms with Crippen molar-refractivity contribution >= 4 is 5.97 Å². The van der Waals surface area contributed by atoms with Crippen LogP contribution >= 0.6 is 0 Å². The fourth-order valence-electron chi connectivity index (χ4n) is 1.60. The van der Waals surface area contributed by atoms with Gasteiger partial charge < -0.3 is 14.5 Å². The van der Waals surface area contributed by atoms with Gasteiger partial charge in [0.05, 0.1) is 19.9 Å². The molecule has 0 amide bonds. The van der Waals surface area contributed by atoms with E-state index in [9.17, 15) is 4.79 Å². The molecule has 0 unspecified atom stereocenters. The minimum absolute atomic E-state index is 0.350. The zero-order valence-corrected chi connectivity index (χ0v) is 10.7. The van der Waals surface area contributed by atoms with E-state index in [1.54, 1.807) is 6.07 Å². The molecule has 5 heteroatoms. The summed E-state index contributed by atoms with van der Waals surface area (Å²) in [5, 5.41) is 3.10. The van der Waals surface area contributed by atoms with Crippen molar-refractivity contribution in [2.75, 3.05) is 34.3 Å². The molecule has 0 spiro atoms. The SMILES string of the molecule is CNCCCN(C)Cc1occc1C(=O)OC. The van der Waals surface area contributed by atoms with E-state index >= 15 is 0 Å². The van der Waals surface area contributed by atoms with Gasteiger partial charge in [-0.3, -0.25) is 4.90 Å². The van der Waals surface area contributed by atoms with Gasteiger partial charge >= 0.3 is 5.97 Å². The molecule has 0 atom stereocenters. The summed E-state index contributed by atoms with van der Waals surface area (Å²) in [7, 11) is 5.30. The van der Waals surface area contributed by atoms with Crippen LogP contribution in [0.25, 0.3) is 0 Å². The number of methoxy groups -OCH3 is 1. The summed E-state index contributed by atoms with van der Waals surface area (Å²) in [6.45, 7) is 2.54. The summed E-state index contributed by atoms with van der Waals surface area (Å²) in [5.41, 5.74) is 0.507. The molecule has 17 heavy (non-hydrogen) atoms. The van der Waals surface area contributed by atoms with Gasteiger partial charge in [0.25, 0.3) is 0 Å². The van der Waals surface area contributed by atoms with E-state index in [1.165, 1.54) is 13.4 Å². The summed E-state index contributed by atoms with van der Waals surface area (Å²) in [4.78, 5) is 13.5. The maximum absolute atomic E-state index is 11.4. The molecule has 0 aromatic carbocycles. The van der Waals surface area contributed by atoms with Gasteiger partial charge in [-0.25, -0.2) is 4.79 Å². The zero-order chi connectivity index (χ0) is 12.7. The van der Waals surface area contributed by atoms with Crippen molar-refractivity contribution < 1.29 is 13.9 Å². The van der Waals surface area contributed by atoms with Crippen LogP contribution in [-0.4, -0.2) is 45.2 Å². The number of rotatable bonds is 7. The minimum atomic E-state index is -0.350. The molecule has 0 aliphatic carbocycles. The molecule has 0 fully saturated rings. The van der Waals surface area contributed by atoms with Crippen molar-refractivity contribution in [3.63, 3.8) is 0 Å². The Bertz CT molecular complexity index is 349. The maximum Gasteiger partial charge on any atom is 0.341 e. The number of nitrogens with zero attached hydrogens (tertiary/aromatic N) is 1. The Hall–Kier alpha value is -1.33. The summed E-state index contributed by atoms with van der Waals surface area (Å²) < 4.78 is 9.99. The van der Waals surface area contributed by atoms with Crippen molar-refractivity contribution in [2.24, 2.45) is 0 Å². The molecule has 0 radical (unpaired) electrons. The van der Waals surface area contributed by atoms with Crippen molar-refractivity contribution in [2.45, 2.75) is 13.0 Å². The molecule has 1 aromatic heterocycles. The number of carbonyl (C=O) groups is 1. The maximum atomic E-state index is 11.4. The number of hydrogen-bond acceptors (Lipinski definition) is 5. The molecule has 0 aliphatic heterocycles. The van der Waals surface area contributed by atoms with Gasteiger partial charge in [-0.05, 0) is 39.7 Å². The van der Waals surface area contributed by atoms with Gasteiger partial charge in [0.2, 0.25) is 0 Å². The molecule has 0 saturated carbocycles. The lowest BCUT2D eigenvalue weighted by atomic mass is 10.2. The number of nitrogens with one attached hydrogen (secondary N) is 1. The fourth-order valence-corrected chi connectivity index (χ4v) is 1.60. The number of ether oxygens (including phenoxy) is 1. The molecule has 96 valence electrons. The van der Waals surface area contributed by atoms with Gasteiger partial charge in [0, 0.05) is 0 Å². The third-order valence-corrected chi connectivity index (χ3v) is 2.53. The number of furan rings is 1. The largest absolute Gasteiger partial charge is 0.467 e. The molecule has 1 heterocycles. The molecule has 0 bridgehead atoms. The fraction of sp³-hybridized carbons (Fsp3) is 0.583. The third-order valence-electron chi connectivity index (χ3n) is 2.53. The Morgan fingerprint density at radius 2 is 2.35 bits per heavy atom. The molecule has 1 rings (SSSR count). The number of esters is 1. The molecular formula is C12H20N2O3. The zero-order valence-electron chi connectivity index (χ0n) is 10.7. The smallest absolute Gasteiger partial charge is 0.341 e. The predicted octanol–water partition coefficient (Wildman–Crippen LogP) is 1.11. The topological polar surface area (TPSA) is 54.7 Å². The summed E-state index contributed by atoms with van der Waals surface area (Å²) in [5.74, 6) is 0.307. The summed E-state index contributed by atoms with van der Waals surface area (Å²) >= 11 is 0. The second-order valence-corrected chi connectivity index (χ2v) is 3.94. The van der Waals surface area contributed by atoms with Crippen LogP contribution in [0.2, 0.25) is 0 Å². The Labute approximate surface area is 102 Å². The molecule has 0 aliphatic rings. The Kier molecular flexibility index (Phi) is 5.72. The standard InChI is InChI=1S/C12H20N2O3/c1-13-6-4-7-14(2)9-11-10(5-8-17-11)12(15)16-3/h5,8,13H,4,6-7,9H2,1-3H3. The molecule has 5 nitrogen and oxygen atoms in total. The van der Waals surface area contributed by atoms with Crippen molar-refractivity contribution in [1.29, 1.82) is 0 Å². The van der Waals surface area contributed by atoms with E-state index < -0.39 is 0 Å². The Morgan fingerprint density at radius 3 is 3.00 bits per heavy atom. The van der Waals surface area contributed by atoms with E-state index in [0.717, 1.165) is 19.5 Å². The molecular weight excluding hydrogens is 220 g/mol. The van der Waals surface area contributed by atoms with Crippen molar-refractivity contribution in [3.8, 4) is 0 Å². The first-order valence-electron chi connectivity index (χ1n) is 5.67. The minimum Gasteiger partial charge on any atom is -0.467 e. The van der Waals surface area contributed by atoms with Crippen LogP contribution in [0.5, 0.6) is 0 Å². The number of carbonyl (C=O) groups excluding carboxylic acids is 1. The highest BCUT2D eigenvalue weighted by Crippen LogP contribution is 2.13. The first-order valence-corrected chi connectivity index (χ1v) is 5.67. The van der Waals surface area contributed by atoms with E-state index in [-0.39, 0.29) is 5.97 Å². The lowest BCUT2D eigenvalue weighted by Gasteiger charge is -2.15. The first kappa shape index (κ1) is 13.7. The van der Waals surface area contributed by atoms with Crippen LogP contribution in [0, 0.1) is 0 Å². The average Bonchev–Trinajstić information content (AvgIpc) is 2.76.